The standard InChI is InChI=1S/C49H32S2/c1-49(2)44-23-35(47-26-37-25-46-36(19-20-50-46)24-48(37)51-47)15-16-40(44)43-27-41-38(33-13-11-29-7-3-5-9-31(29)21-33)17-18-39(42(41)28-45(43)49)34-14-12-30-8-4-6-10-32(30)22-34/h3-28H,1-2H3. The van der Waals surface area contributed by atoms with Crippen molar-refractivity contribution in [3.05, 3.63) is 168 Å². The molecule has 0 unspecified atom stereocenters. The van der Waals surface area contributed by atoms with Gasteiger partial charge in [0.25, 0.3) is 0 Å². The Kier molecular flexibility index (Phi) is 6.15. The average molecular weight is 685 g/mol. The van der Waals surface area contributed by atoms with Gasteiger partial charge in [-0.05, 0) is 153 Å². The number of benzene rings is 8. The highest BCUT2D eigenvalue weighted by atomic mass is 32.1. The van der Waals surface area contributed by atoms with E-state index in [9.17, 15) is 0 Å². The predicted molar refractivity (Wildman–Crippen MR) is 224 cm³/mol. The molecule has 0 fully saturated rings. The molecule has 0 radical (unpaired) electrons. The predicted octanol–water partition coefficient (Wildman–Crippen LogP) is 14.9. The summed E-state index contributed by atoms with van der Waals surface area (Å²) in [4.78, 5) is 1.33. The molecular weight excluding hydrogens is 653 g/mol. The lowest BCUT2D eigenvalue weighted by Gasteiger charge is -2.23. The first kappa shape index (κ1) is 29.2. The van der Waals surface area contributed by atoms with Crippen LogP contribution in [0, 0.1) is 0 Å². The van der Waals surface area contributed by atoms with Gasteiger partial charge in [0.2, 0.25) is 0 Å². The minimum absolute atomic E-state index is 0.145. The fourth-order valence-electron chi connectivity index (χ4n) is 8.58. The average Bonchev–Trinajstić information content (AvgIpc) is 3.86. The molecule has 0 spiro atoms. The van der Waals surface area contributed by atoms with Gasteiger partial charge in [-0.15, -0.1) is 22.7 Å². The summed E-state index contributed by atoms with van der Waals surface area (Å²) in [6, 6.07) is 57.4. The molecular formula is C49H32S2. The first-order valence-electron chi connectivity index (χ1n) is 17.6. The van der Waals surface area contributed by atoms with Gasteiger partial charge in [-0.1, -0.05) is 111 Å². The molecule has 11 rings (SSSR count). The van der Waals surface area contributed by atoms with E-state index >= 15 is 0 Å². The summed E-state index contributed by atoms with van der Waals surface area (Å²) in [5.41, 5.74) is 11.7. The summed E-state index contributed by atoms with van der Waals surface area (Å²) in [6.45, 7) is 4.82. The van der Waals surface area contributed by atoms with E-state index in [1.165, 1.54) is 107 Å². The van der Waals surface area contributed by atoms with Crippen LogP contribution in [0.1, 0.15) is 25.0 Å². The van der Waals surface area contributed by atoms with Crippen molar-refractivity contribution in [3.63, 3.8) is 0 Å². The first-order valence-corrected chi connectivity index (χ1v) is 19.3. The maximum Gasteiger partial charge on any atom is 0.0356 e. The van der Waals surface area contributed by atoms with Gasteiger partial charge in [-0.25, -0.2) is 0 Å². The zero-order valence-corrected chi connectivity index (χ0v) is 30.0. The molecule has 1 aliphatic carbocycles. The molecule has 10 aromatic rings. The van der Waals surface area contributed by atoms with Crippen molar-refractivity contribution in [2.45, 2.75) is 19.3 Å². The summed E-state index contributed by atoms with van der Waals surface area (Å²) >= 11 is 3.73. The molecule has 1 aliphatic rings. The molecule has 0 saturated carbocycles. The van der Waals surface area contributed by atoms with Crippen LogP contribution >= 0.6 is 22.7 Å². The monoisotopic (exact) mass is 684 g/mol. The second-order valence-electron chi connectivity index (χ2n) is 14.6. The molecule has 2 aromatic heterocycles. The van der Waals surface area contributed by atoms with E-state index < -0.39 is 0 Å². The van der Waals surface area contributed by atoms with Crippen LogP contribution in [0.25, 0.3) is 96.3 Å². The van der Waals surface area contributed by atoms with Crippen LogP contribution in [-0.4, -0.2) is 0 Å². The number of hydrogen-bond donors (Lipinski definition) is 0. The van der Waals surface area contributed by atoms with E-state index in [0.29, 0.717) is 0 Å². The van der Waals surface area contributed by atoms with E-state index in [1.807, 2.05) is 22.7 Å². The quantitative estimate of drug-likeness (QED) is 0.174. The van der Waals surface area contributed by atoms with Gasteiger partial charge in [0, 0.05) is 19.7 Å². The van der Waals surface area contributed by atoms with Crippen LogP contribution in [0.15, 0.2) is 157 Å². The fraction of sp³-hybridized carbons (Fsp3) is 0.0612. The second-order valence-corrected chi connectivity index (χ2v) is 16.6. The molecule has 2 heterocycles. The lowest BCUT2D eigenvalue weighted by Crippen LogP contribution is -2.15. The van der Waals surface area contributed by atoms with E-state index in [4.69, 9.17) is 0 Å². The van der Waals surface area contributed by atoms with E-state index in [1.54, 1.807) is 0 Å². The highest BCUT2D eigenvalue weighted by Gasteiger charge is 2.36. The maximum absolute atomic E-state index is 2.52. The molecule has 0 N–H and O–H groups in total. The number of fused-ring (bicyclic) bond motifs is 8. The highest BCUT2D eigenvalue weighted by Crippen LogP contribution is 2.53. The van der Waals surface area contributed by atoms with Crippen molar-refractivity contribution in [1.82, 2.24) is 0 Å². The topological polar surface area (TPSA) is 0 Å². The molecule has 0 aliphatic heterocycles. The number of thiophene rings is 2. The van der Waals surface area contributed by atoms with Crippen molar-refractivity contribution >= 4 is 75.2 Å². The molecule has 2 heteroatoms. The fourth-order valence-corrected chi connectivity index (χ4v) is 10.5. The van der Waals surface area contributed by atoms with Crippen LogP contribution in [0.3, 0.4) is 0 Å². The van der Waals surface area contributed by atoms with Gasteiger partial charge in [-0.2, -0.15) is 0 Å². The third-order valence-electron chi connectivity index (χ3n) is 11.3. The lowest BCUT2D eigenvalue weighted by molar-refractivity contribution is 0.661. The van der Waals surface area contributed by atoms with Crippen molar-refractivity contribution < 1.29 is 0 Å². The van der Waals surface area contributed by atoms with E-state index in [-0.39, 0.29) is 5.41 Å². The van der Waals surface area contributed by atoms with Crippen LogP contribution in [0.5, 0.6) is 0 Å². The zero-order valence-electron chi connectivity index (χ0n) is 28.3. The van der Waals surface area contributed by atoms with Crippen LogP contribution in [0.4, 0.5) is 0 Å². The molecule has 0 nitrogen and oxygen atoms in total. The van der Waals surface area contributed by atoms with E-state index in [0.717, 1.165) is 0 Å². The molecule has 0 saturated heterocycles. The third kappa shape index (κ3) is 4.43. The Hall–Kier alpha value is -5.54. The summed E-state index contributed by atoms with van der Waals surface area (Å²) in [5, 5.41) is 12.5. The van der Waals surface area contributed by atoms with Crippen molar-refractivity contribution in [2.75, 3.05) is 0 Å². The normalized spacial score (nSPS) is 13.5. The third-order valence-corrected chi connectivity index (χ3v) is 13.3. The largest absolute Gasteiger partial charge is 0.144 e. The Labute approximate surface area is 304 Å². The van der Waals surface area contributed by atoms with Crippen molar-refractivity contribution in [1.29, 1.82) is 0 Å². The Morgan fingerprint density at radius 1 is 0.392 bits per heavy atom. The number of hydrogen-bond acceptors (Lipinski definition) is 2. The molecule has 0 bridgehead atoms. The molecule has 51 heavy (non-hydrogen) atoms. The van der Waals surface area contributed by atoms with Gasteiger partial charge in [-0.3, -0.25) is 0 Å². The Morgan fingerprint density at radius 3 is 1.69 bits per heavy atom. The molecule has 240 valence electrons. The van der Waals surface area contributed by atoms with Gasteiger partial charge >= 0.3 is 0 Å². The molecule has 0 atom stereocenters. The molecule has 0 amide bonds. The Balaban J connectivity index is 1.12. The van der Waals surface area contributed by atoms with Crippen LogP contribution in [-0.2, 0) is 5.41 Å². The highest BCUT2D eigenvalue weighted by molar-refractivity contribution is 7.22. The van der Waals surface area contributed by atoms with Gasteiger partial charge < -0.3 is 0 Å². The van der Waals surface area contributed by atoms with Gasteiger partial charge in [0.05, 0.1) is 0 Å². The first-order chi connectivity index (χ1) is 25.0. The Bertz CT molecular complexity index is 3010. The number of rotatable bonds is 3. The summed E-state index contributed by atoms with van der Waals surface area (Å²) in [7, 11) is 0. The molecule has 8 aromatic carbocycles. The van der Waals surface area contributed by atoms with E-state index in [2.05, 4.69) is 171 Å². The van der Waals surface area contributed by atoms with Gasteiger partial charge in [0.15, 0.2) is 0 Å². The maximum atomic E-state index is 2.52. The lowest BCUT2D eigenvalue weighted by atomic mass is 9.80. The SMILES string of the molecule is CC1(C)c2cc(-c3cc4cc5sccc5cc4s3)ccc2-c2cc3c(-c4ccc5ccccc5c4)ccc(-c4ccc5ccccc5c4)c3cc21. The van der Waals surface area contributed by atoms with Gasteiger partial charge in [0.1, 0.15) is 0 Å². The summed E-state index contributed by atoms with van der Waals surface area (Å²) in [6.07, 6.45) is 0. The van der Waals surface area contributed by atoms with Crippen molar-refractivity contribution in [2.24, 2.45) is 0 Å². The summed E-state index contributed by atoms with van der Waals surface area (Å²) < 4.78 is 2.71. The second kappa shape index (κ2) is 10.7. The smallest absolute Gasteiger partial charge is 0.0356 e. The van der Waals surface area contributed by atoms with Crippen molar-refractivity contribution in [3.8, 4) is 43.8 Å². The zero-order chi connectivity index (χ0) is 33.8. The Morgan fingerprint density at radius 2 is 0.980 bits per heavy atom. The minimum Gasteiger partial charge on any atom is -0.144 e. The summed E-state index contributed by atoms with van der Waals surface area (Å²) in [5.74, 6) is 0. The van der Waals surface area contributed by atoms with Crippen LogP contribution < -0.4 is 0 Å². The van der Waals surface area contributed by atoms with Crippen LogP contribution in [0.2, 0.25) is 0 Å². The minimum atomic E-state index is -0.145.